The molecule has 0 unspecified atom stereocenters. The molecule has 1 aliphatic heterocycles. The van der Waals surface area contributed by atoms with Crippen molar-refractivity contribution in [1.82, 2.24) is 0 Å². The van der Waals surface area contributed by atoms with Crippen LogP contribution in [-0.2, 0) is 14.3 Å². The number of benzene rings is 1. The van der Waals surface area contributed by atoms with E-state index in [4.69, 9.17) is 37.4 Å². The topological polar surface area (TPSA) is 123 Å². The van der Waals surface area contributed by atoms with Gasteiger partial charge in [0.15, 0.2) is 18.7 Å². The maximum Gasteiger partial charge on any atom is 0.344 e. The highest BCUT2D eigenvalue weighted by Gasteiger charge is 2.36. The van der Waals surface area contributed by atoms with Gasteiger partial charge in [0.05, 0.1) is 11.1 Å². The Balaban J connectivity index is 1.92. The summed E-state index contributed by atoms with van der Waals surface area (Å²) in [6.45, 7) is 4.54. The third-order valence-electron chi connectivity index (χ3n) is 4.34. The fraction of sp³-hybridized carbons (Fsp3) is 0.474. The number of allylic oxidation sites excluding steroid dienone is 1. The van der Waals surface area contributed by atoms with E-state index in [0.29, 0.717) is 12.0 Å². The van der Waals surface area contributed by atoms with Crippen LogP contribution in [0.15, 0.2) is 24.3 Å². The van der Waals surface area contributed by atoms with Gasteiger partial charge in [-0.2, -0.15) is 0 Å². The van der Waals surface area contributed by atoms with Crippen molar-refractivity contribution >= 4 is 35.0 Å². The van der Waals surface area contributed by atoms with Gasteiger partial charge in [-0.1, -0.05) is 36.7 Å². The highest BCUT2D eigenvalue weighted by atomic mass is 35.5. The Morgan fingerprint density at radius 3 is 2.59 bits per heavy atom. The van der Waals surface area contributed by atoms with Gasteiger partial charge >= 0.3 is 5.97 Å². The van der Waals surface area contributed by atoms with E-state index in [1.807, 2.05) is 0 Å². The zero-order valence-electron chi connectivity index (χ0n) is 15.6. The van der Waals surface area contributed by atoms with E-state index in [2.05, 4.69) is 6.58 Å². The number of rotatable bonds is 8. The summed E-state index contributed by atoms with van der Waals surface area (Å²) in [6.07, 6.45) is -4.51. The predicted octanol–water partition coefficient (Wildman–Crippen LogP) is 1.89. The van der Waals surface area contributed by atoms with Crippen molar-refractivity contribution in [2.75, 3.05) is 13.2 Å². The first-order valence-corrected chi connectivity index (χ1v) is 9.59. The van der Waals surface area contributed by atoms with Crippen molar-refractivity contribution in [2.24, 2.45) is 0 Å². The van der Waals surface area contributed by atoms with Crippen LogP contribution in [0, 0.1) is 0 Å². The summed E-state index contributed by atoms with van der Waals surface area (Å²) in [6, 6.07) is 2.82. The molecule has 0 saturated carbocycles. The van der Waals surface area contributed by atoms with Gasteiger partial charge < -0.3 is 29.5 Å². The molecule has 0 spiro atoms. The fourth-order valence-electron chi connectivity index (χ4n) is 2.59. The molecule has 29 heavy (non-hydrogen) atoms. The van der Waals surface area contributed by atoms with Crippen LogP contribution in [0.3, 0.4) is 0 Å². The van der Waals surface area contributed by atoms with Gasteiger partial charge in [0.2, 0.25) is 0 Å². The van der Waals surface area contributed by atoms with Crippen molar-refractivity contribution in [3.8, 4) is 5.75 Å². The SMILES string of the molecule is C=C(CC)C(=O)c1ccc(OCC(=O)OC[C@H]2O[C@H](O)C[C@@H](O)[C@@H]2O)c(Cl)c1Cl. The standard InChI is InChI=1S/C19H22Cl2O8/c1-3-9(2)18(25)10-4-5-12(17(21)16(10)20)27-8-15(24)28-7-13-19(26)11(22)6-14(23)29-13/h4-5,11,13-14,19,22-23,26H,2-3,6-8H2,1H3/t11-,13-,14+,19+/m1/s1. The number of ketones is 1. The smallest absolute Gasteiger partial charge is 0.344 e. The number of hydrogen-bond donors (Lipinski definition) is 3. The Morgan fingerprint density at radius 2 is 1.93 bits per heavy atom. The summed E-state index contributed by atoms with van der Waals surface area (Å²) in [4.78, 5) is 24.1. The Labute approximate surface area is 177 Å². The summed E-state index contributed by atoms with van der Waals surface area (Å²) < 4.78 is 15.2. The molecule has 4 atom stereocenters. The summed E-state index contributed by atoms with van der Waals surface area (Å²) in [7, 11) is 0. The van der Waals surface area contributed by atoms with E-state index >= 15 is 0 Å². The number of hydrogen-bond acceptors (Lipinski definition) is 8. The van der Waals surface area contributed by atoms with E-state index in [9.17, 15) is 24.9 Å². The van der Waals surface area contributed by atoms with E-state index in [-0.39, 0.29) is 33.6 Å². The first-order valence-electron chi connectivity index (χ1n) is 8.84. The van der Waals surface area contributed by atoms with Gasteiger partial charge in [-0.15, -0.1) is 0 Å². The van der Waals surface area contributed by atoms with Crippen LogP contribution in [-0.4, -0.2) is 64.9 Å². The summed E-state index contributed by atoms with van der Waals surface area (Å²) >= 11 is 12.3. The molecule has 10 heteroatoms. The minimum atomic E-state index is -1.30. The van der Waals surface area contributed by atoms with Crippen LogP contribution < -0.4 is 4.74 Å². The third-order valence-corrected chi connectivity index (χ3v) is 5.21. The van der Waals surface area contributed by atoms with Crippen LogP contribution >= 0.6 is 23.2 Å². The Morgan fingerprint density at radius 1 is 1.24 bits per heavy atom. The number of ether oxygens (including phenoxy) is 3. The van der Waals surface area contributed by atoms with E-state index in [1.54, 1.807) is 6.92 Å². The molecule has 1 saturated heterocycles. The predicted molar refractivity (Wildman–Crippen MR) is 104 cm³/mol. The molecule has 1 heterocycles. The molecule has 2 rings (SSSR count). The van der Waals surface area contributed by atoms with Crippen molar-refractivity contribution in [2.45, 2.75) is 44.4 Å². The molecule has 0 aromatic heterocycles. The van der Waals surface area contributed by atoms with Gasteiger partial charge in [-0.3, -0.25) is 4.79 Å². The third kappa shape index (κ3) is 5.91. The molecule has 160 valence electrons. The molecule has 0 radical (unpaired) electrons. The van der Waals surface area contributed by atoms with Crippen LogP contribution in [0.5, 0.6) is 5.75 Å². The monoisotopic (exact) mass is 448 g/mol. The Hall–Kier alpha value is -1.68. The molecule has 3 N–H and O–H groups in total. The average molecular weight is 449 g/mol. The molecule has 0 aliphatic carbocycles. The quantitative estimate of drug-likeness (QED) is 0.313. The lowest BCUT2D eigenvalue weighted by Gasteiger charge is -2.34. The normalized spacial score (nSPS) is 24.1. The number of carbonyl (C=O) groups excluding carboxylic acids is 2. The number of aliphatic hydroxyl groups is 3. The number of esters is 1. The van der Waals surface area contributed by atoms with E-state index < -0.39 is 43.8 Å². The maximum atomic E-state index is 12.2. The van der Waals surface area contributed by atoms with Gasteiger partial charge in [0.25, 0.3) is 0 Å². The molecule has 8 nitrogen and oxygen atoms in total. The second kappa shape index (κ2) is 10.4. The molecule has 1 aliphatic rings. The minimum absolute atomic E-state index is 0.0150. The highest BCUT2D eigenvalue weighted by molar-refractivity contribution is 6.45. The first-order chi connectivity index (χ1) is 13.6. The minimum Gasteiger partial charge on any atom is -0.480 e. The Bertz CT molecular complexity index is 782. The van der Waals surface area contributed by atoms with Gasteiger partial charge in [-0.05, 0) is 24.1 Å². The van der Waals surface area contributed by atoms with Crippen molar-refractivity contribution < 1.29 is 39.1 Å². The van der Waals surface area contributed by atoms with Gasteiger partial charge in [0.1, 0.15) is 29.6 Å². The largest absolute Gasteiger partial charge is 0.480 e. The molecule has 1 fully saturated rings. The molecule has 1 aromatic rings. The highest BCUT2D eigenvalue weighted by Crippen LogP contribution is 2.35. The molecular weight excluding hydrogens is 427 g/mol. The molecule has 0 bridgehead atoms. The Kier molecular flexibility index (Phi) is 8.45. The second-order valence-electron chi connectivity index (χ2n) is 6.42. The zero-order chi connectivity index (χ0) is 21.7. The molecular formula is C19H22Cl2O8. The number of halogens is 2. The average Bonchev–Trinajstić information content (AvgIpc) is 2.69. The summed E-state index contributed by atoms with van der Waals surface area (Å²) in [5, 5.41) is 28.8. The van der Waals surface area contributed by atoms with Crippen LogP contribution in [0.2, 0.25) is 10.0 Å². The van der Waals surface area contributed by atoms with Gasteiger partial charge in [-0.25, -0.2) is 4.79 Å². The van der Waals surface area contributed by atoms with Crippen LogP contribution in [0.1, 0.15) is 30.1 Å². The van der Waals surface area contributed by atoms with E-state index in [1.165, 1.54) is 12.1 Å². The van der Waals surface area contributed by atoms with Crippen LogP contribution in [0.4, 0.5) is 0 Å². The van der Waals surface area contributed by atoms with Crippen molar-refractivity contribution in [1.29, 1.82) is 0 Å². The lowest BCUT2D eigenvalue weighted by Crippen LogP contribution is -2.50. The number of Topliss-reactive ketones (excluding diaryl/α,β-unsaturated/α-hetero) is 1. The molecule has 0 amide bonds. The van der Waals surface area contributed by atoms with Gasteiger partial charge in [0, 0.05) is 12.0 Å². The van der Waals surface area contributed by atoms with E-state index in [0.717, 1.165) is 0 Å². The lowest BCUT2D eigenvalue weighted by molar-refractivity contribution is -0.242. The number of carbonyl (C=O) groups is 2. The molecule has 1 aromatic carbocycles. The maximum absolute atomic E-state index is 12.2. The fourth-order valence-corrected chi connectivity index (χ4v) is 3.05. The number of aliphatic hydroxyl groups excluding tert-OH is 3. The second-order valence-corrected chi connectivity index (χ2v) is 7.18. The first kappa shape index (κ1) is 23.6. The summed E-state index contributed by atoms with van der Waals surface area (Å²) in [5.74, 6) is -1.06. The van der Waals surface area contributed by atoms with Crippen molar-refractivity contribution in [3.05, 3.63) is 39.9 Å². The van der Waals surface area contributed by atoms with Crippen molar-refractivity contribution in [3.63, 3.8) is 0 Å². The lowest BCUT2D eigenvalue weighted by atomic mass is 10.0. The zero-order valence-corrected chi connectivity index (χ0v) is 17.2. The summed E-state index contributed by atoms with van der Waals surface area (Å²) in [5.41, 5.74) is 0.557. The van der Waals surface area contributed by atoms with Crippen LogP contribution in [0.25, 0.3) is 0 Å².